The summed E-state index contributed by atoms with van der Waals surface area (Å²) in [5.41, 5.74) is 3.20. The number of amides is 1. The van der Waals surface area contributed by atoms with E-state index in [4.69, 9.17) is 4.74 Å². The molecule has 0 radical (unpaired) electrons. The minimum Gasteiger partial charge on any atom is -0.467 e. The highest BCUT2D eigenvalue weighted by atomic mass is 16.5. The quantitative estimate of drug-likeness (QED) is 0.847. The van der Waals surface area contributed by atoms with Gasteiger partial charge in [-0.15, -0.1) is 0 Å². The Labute approximate surface area is 125 Å². The standard InChI is InChI=1S/C17H23NO3/c1-11(2)9-15(17(20)21-3)18-16(19)14-8-7-12-5-4-6-13(12)10-14/h7-8,10-11,15H,4-6,9H2,1-3H3,(H,18,19)/t15-/m0/s1. The highest BCUT2D eigenvalue weighted by Crippen LogP contribution is 2.23. The monoisotopic (exact) mass is 289 g/mol. The Hall–Kier alpha value is -1.84. The number of hydrogen-bond acceptors (Lipinski definition) is 3. The summed E-state index contributed by atoms with van der Waals surface area (Å²) in [5.74, 6) is -0.298. The fourth-order valence-electron chi connectivity index (χ4n) is 2.78. The molecule has 1 aliphatic carbocycles. The van der Waals surface area contributed by atoms with Crippen LogP contribution < -0.4 is 5.32 Å². The van der Waals surface area contributed by atoms with E-state index in [0.717, 1.165) is 19.3 Å². The number of esters is 1. The first-order valence-corrected chi connectivity index (χ1v) is 7.51. The van der Waals surface area contributed by atoms with Crippen LogP contribution in [0.4, 0.5) is 0 Å². The lowest BCUT2D eigenvalue weighted by molar-refractivity contribution is -0.143. The second-order valence-corrected chi connectivity index (χ2v) is 6.02. The molecule has 0 unspecified atom stereocenters. The second-order valence-electron chi connectivity index (χ2n) is 6.02. The number of hydrogen-bond donors (Lipinski definition) is 1. The van der Waals surface area contributed by atoms with Crippen molar-refractivity contribution in [3.8, 4) is 0 Å². The zero-order chi connectivity index (χ0) is 15.4. The van der Waals surface area contributed by atoms with E-state index in [0.29, 0.717) is 17.9 Å². The van der Waals surface area contributed by atoms with Gasteiger partial charge in [0.05, 0.1) is 7.11 Å². The topological polar surface area (TPSA) is 55.4 Å². The van der Waals surface area contributed by atoms with Crippen molar-refractivity contribution in [2.24, 2.45) is 5.92 Å². The summed E-state index contributed by atoms with van der Waals surface area (Å²) in [6, 6.07) is 5.22. The number of carbonyl (C=O) groups is 2. The van der Waals surface area contributed by atoms with Crippen LogP contribution in [0.25, 0.3) is 0 Å². The maximum absolute atomic E-state index is 12.3. The van der Waals surface area contributed by atoms with Gasteiger partial charge in [-0.25, -0.2) is 4.79 Å². The van der Waals surface area contributed by atoms with E-state index in [1.165, 1.54) is 18.2 Å². The first-order valence-electron chi connectivity index (χ1n) is 7.51. The number of methoxy groups -OCH3 is 1. The van der Waals surface area contributed by atoms with E-state index >= 15 is 0 Å². The van der Waals surface area contributed by atoms with Gasteiger partial charge in [0.1, 0.15) is 6.04 Å². The summed E-state index contributed by atoms with van der Waals surface area (Å²) in [5, 5.41) is 2.79. The smallest absolute Gasteiger partial charge is 0.328 e. The van der Waals surface area contributed by atoms with Crippen molar-refractivity contribution in [1.82, 2.24) is 5.32 Å². The SMILES string of the molecule is COC(=O)[C@H](CC(C)C)NC(=O)c1ccc2c(c1)CCC2. The second kappa shape index (κ2) is 6.74. The maximum atomic E-state index is 12.3. The first-order chi connectivity index (χ1) is 10.0. The van der Waals surface area contributed by atoms with Gasteiger partial charge in [-0.05, 0) is 54.9 Å². The van der Waals surface area contributed by atoms with Gasteiger partial charge in [-0.1, -0.05) is 19.9 Å². The summed E-state index contributed by atoms with van der Waals surface area (Å²) in [4.78, 5) is 24.1. The van der Waals surface area contributed by atoms with Gasteiger partial charge in [0, 0.05) is 5.56 Å². The molecule has 114 valence electrons. The number of aryl methyl sites for hydroxylation is 2. The average molecular weight is 289 g/mol. The molecule has 0 saturated carbocycles. The van der Waals surface area contributed by atoms with Crippen LogP contribution in [0.3, 0.4) is 0 Å². The molecule has 0 heterocycles. The number of ether oxygens (including phenoxy) is 1. The van der Waals surface area contributed by atoms with Crippen LogP contribution in [-0.4, -0.2) is 25.0 Å². The van der Waals surface area contributed by atoms with Crippen molar-refractivity contribution in [3.63, 3.8) is 0 Å². The van der Waals surface area contributed by atoms with Gasteiger partial charge in [0.2, 0.25) is 0 Å². The zero-order valence-electron chi connectivity index (χ0n) is 12.9. The van der Waals surface area contributed by atoms with Crippen LogP contribution in [0.1, 0.15) is 48.2 Å². The van der Waals surface area contributed by atoms with E-state index < -0.39 is 12.0 Å². The minimum absolute atomic E-state index is 0.208. The zero-order valence-corrected chi connectivity index (χ0v) is 12.9. The summed E-state index contributed by atoms with van der Waals surface area (Å²) in [6.07, 6.45) is 3.85. The molecule has 4 nitrogen and oxygen atoms in total. The third kappa shape index (κ3) is 3.84. The number of nitrogens with one attached hydrogen (secondary N) is 1. The molecular weight excluding hydrogens is 266 g/mol. The van der Waals surface area contributed by atoms with Crippen molar-refractivity contribution >= 4 is 11.9 Å². The Balaban J connectivity index is 2.09. The molecule has 1 atom stereocenters. The van der Waals surface area contributed by atoms with Crippen LogP contribution in [0.2, 0.25) is 0 Å². The predicted molar refractivity (Wildman–Crippen MR) is 81.2 cm³/mol. The van der Waals surface area contributed by atoms with Crippen LogP contribution in [0.5, 0.6) is 0 Å². The normalized spacial score (nSPS) is 14.7. The number of benzene rings is 1. The molecule has 1 aliphatic rings. The Morgan fingerprint density at radius 2 is 1.95 bits per heavy atom. The fourth-order valence-corrected chi connectivity index (χ4v) is 2.78. The highest BCUT2D eigenvalue weighted by molar-refractivity contribution is 5.97. The number of carbonyl (C=O) groups excluding carboxylic acids is 2. The van der Waals surface area contributed by atoms with Crippen molar-refractivity contribution < 1.29 is 14.3 Å². The van der Waals surface area contributed by atoms with Gasteiger partial charge in [0.25, 0.3) is 5.91 Å². The third-order valence-corrected chi connectivity index (χ3v) is 3.86. The number of fused-ring (bicyclic) bond motifs is 1. The molecular formula is C17H23NO3. The summed E-state index contributed by atoms with van der Waals surface area (Å²) in [7, 11) is 1.34. The summed E-state index contributed by atoms with van der Waals surface area (Å²) < 4.78 is 4.77. The Morgan fingerprint density at radius 3 is 2.62 bits per heavy atom. The van der Waals surface area contributed by atoms with E-state index in [1.54, 1.807) is 0 Å². The van der Waals surface area contributed by atoms with Crippen molar-refractivity contribution in [1.29, 1.82) is 0 Å². The maximum Gasteiger partial charge on any atom is 0.328 e. The van der Waals surface area contributed by atoms with Crippen molar-refractivity contribution in [2.45, 2.75) is 45.6 Å². The Morgan fingerprint density at radius 1 is 1.24 bits per heavy atom. The molecule has 0 spiro atoms. The summed E-state index contributed by atoms with van der Waals surface area (Å²) in [6.45, 7) is 4.02. The van der Waals surface area contributed by atoms with Crippen LogP contribution in [0.15, 0.2) is 18.2 Å². The molecule has 0 bridgehead atoms. The molecule has 1 aromatic rings. The molecule has 2 rings (SSSR count). The van der Waals surface area contributed by atoms with Crippen LogP contribution >= 0.6 is 0 Å². The van der Waals surface area contributed by atoms with Gasteiger partial charge in [-0.3, -0.25) is 4.79 Å². The first kappa shape index (κ1) is 15.5. The van der Waals surface area contributed by atoms with Gasteiger partial charge in [0.15, 0.2) is 0 Å². The molecule has 0 fully saturated rings. The van der Waals surface area contributed by atoms with Gasteiger partial charge in [-0.2, -0.15) is 0 Å². The molecule has 0 aromatic heterocycles. The van der Waals surface area contributed by atoms with Gasteiger partial charge >= 0.3 is 5.97 Å². The lowest BCUT2D eigenvalue weighted by atomic mass is 10.0. The van der Waals surface area contributed by atoms with E-state index in [1.807, 2.05) is 32.0 Å². The molecule has 0 aliphatic heterocycles. The molecule has 0 saturated heterocycles. The Bertz CT molecular complexity index is 537. The van der Waals surface area contributed by atoms with Crippen LogP contribution in [0, 0.1) is 5.92 Å². The number of rotatable bonds is 5. The van der Waals surface area contributed by atoms with Gasteiger partial charge < -0.3 is 10.1 Å². The lowest BCUT2D eigenvalue weighted by Crippen LogP contribution is -2.42. The predicted octanol–water partition coefficient (Wildman–Crippen LogP) is 2.49. The molecule has 1 amide bonds. The fraction of sp³-hybridized carbons (Fsp3) is 0.529. The minimum atomic E-state index is -0.587. The largest absolute Gasteiger partial charge is 0.467 e. The molecule has 21 heavy (non-hydrogen) atoms. The average Bonchev–Trinajstić information content (AvgIpc) is 2.92. The molecule has 1 N–H and O–H groups in total. The molecule has 1 aromatic carbocycles. The van der Waals surface area contributed by atoms with Crippen molar-refractivity contribution in [3.05, 3.63) is 34.9 Å². The van der Waals surface area contributed by atoms with Crippen LogP contribution in [-0.2, 0) is 22.4 Å². The lowest BCUT2D eigenvalue weighted by Gasteiger charge is -2.18. The third-order valence-electron chi connectivity index (χ3n) is 3.86. The molecule has 4 heteroatoms. The Kier molecular flexibility index (Phi) is 4.99. The van der Waals surface area contributed by atoms with E-state index in [-0.39, 0.29) is 5.91 Å². The van der Waals surface area contributed by atoms with Crippen molar-refractivity contribution in [2.75, 3.05) is 7.11 Å². The van der Waals surface area contributed by atoms with E-state index in [9.17, 15) is 9.59 Å². The highest BCUT2D eigenvalue weighted by Gasteiger charge is 2.23. The van der Waals surface area contributed by atoms with E-state index in [2.05, 4.69) is 5.32 Å². The summed E-state index contributed by atoms with van der Waals surface area (Å²) >= 11 is 0.